The summed E-state index contributed by atoms with van der Waals surface area (Å²) < 4.78 is 1.94. The predicted molar refractivity (Wildman–Crippen MR) is 119 cm³/mol. The van der Waals surface area contributed by atoms with Gasteiger partial charge in [-0.2, -0.15) is 10.2 Å². The molecule has 0 radical (unpaired) electrons. The standard InChI is InChI=1S/C23H19ClN6/c1-15-26-27-23-29(15)20-9-5-8-18(14-16-6-3-2-4-7-16)21(20)22(28-30(23)25)17-10-12-19(24)13-11-17/h2-13H,14,25H2,1H3. The molecule has 1 aromatic heterocycles. The average Bonchev–Trinajstić information content (AvgIpc) is 3.09. The van der Waals surface area contributed by atoms with Crippen molar-refractivity contribution in [3.63, 3.8) is 0 Å². The molecule has 0 fully saturated rings. The number of nitrogens with zero attached hydrogens (tertiary/aromatic N) is 5. The second-order valence-electron chi connectivity index (χ2n) is 7.16. The van der Waals surface area contributed by atoms with Crippen LogP contribution in [0.4, 0.5) is 5.95 Å². The molecule has 1 aliphatic rings. The highest BCUT2D eigenvalue weighted by Crippen LogP contribution is 2.31. The molecule has 2 heterocycles. The van der Waals surface area contributed by atoms with Crippen molar-refractivity contribution in [2.45, 2.75) is 13.3 Å². The Morgan fingerprint density at radius 3 is 2.43 bits per heavy atom. The van der Waals surface area contributed by atoms with Gasteiger partial charge >= 0.3 is 0 Å². The van der Waals surface area contributed by atoms with Crippen LogP contribution in [0.2, 0.25) is 5.02 Å². The summed E-state index contributed by atoms with van der Waals surface area (Å²) in [4.78, 5) is 0. The van der Waals surface area contributed by atoms with E-state index in [0.29, 0.717) is 11.0 Å². The summed E-state index contributed by atoms with van der Waals surface area (Å²) in [5.74, 6) is 7.50. The zero-order valence-corrected chi connectivity index (χ0v) is 17.1. The summed E-state index contributed by atoms with van der Waals surface area (Å²) in [6.45, 7) is 1.91. The molecule has 0 saturated carbocycles. The maximum atomic E-state index is 6.30. The minimum atomic E-state index is 0.467. The molecular formula is C23H19ClN6. The quantitative estimate of drug-likeness (QED) is 0.508. The zero-order valence-electron chi connectivity index (χ0n) is 16.3. The number of anilines is 1. The van der Waals surface area contributed by atoms with E-state index in [9.17, 15) is 0 Å². The molecule has 6 nitrogen and oxygen atoms in total. The van der Waals surface area contributed by atoms with Gasteiger partial charge in [-0.15, -0.1) is 10.2 Å². The lowest BCUT2D eigenvalue weighted by Gasteiger charge is -2.16. The first-order valence-electron chi connectivity index (χ1n) is 9.60. The number of halogens is 1. The molecule has 0 bridgehead atoms. The minimum absolute atomic E-state index is 0.467. The fourth-order valence-corrected chi connectivity index (χ4v) is 3.93. The van der Waals surface area contributed by atoms with Gasteiger partial charge in [0.15, 0.2) is 0 Å². The first kappa shape index (κ1) is 18.5. The largest absolute Gasteiger partial charge is 0.267 e. The van der Waals surface area contributed by atoms with E-state index in [-0.39, 0.29) is 0 Å². The van der Waals surface area contributed by atoms with Crippen LogP contribution in [0.15, 0.2) is 77.9 Å². The third-order valence-corrected chi connectivity index (χ3v) is 5.43. The van der Waals surface area contributed by atoms with Crippen molar-refractivity contribution in [1.29, 1.82) is 0 Å². The molecule has 1 aliphatic heterocycles. The Morgan fingerprint density at radius 1 is 0.900 bits per heavy atom. The van der Waals surface area contributed by atoms with E-state index in [2.05, 4.69) is 40.5 Å². The number of hydrogen-bond donors (Lipinski definition) is 1. The Bertz CT molecular complexity index is 1240. The molecular weight excluding hydrogens is 396 g/mol. The topological polar surface area (TPSA) is 72.3 Å². The maximum absolute atomic E-state index is 6.30. The lowest BCUT2D eigenvalue weighted by atomic mass is 9.92. The Balaban J connectivity index is 1.78. The molecule has 0 spiro atoms. The van der Waals surface area contributed by atoms with Crippen LogP contribution in [0.3, 0.4) is 0 Å². The fourth-order valence-electron chi connectivity index (χ4n) is 3.80. The van der Waals surface area contributed by atoms with Crippen molar-refractivity contribution in [2.24, 2.45) is 10.9 Å². The number of hydrazone groups is 1. The number of hydrogen-bond acceptors (Lipinski definition) is 5. The summed E-state index contributed by atoms with van der Waals surface area (Å²) in [6.07, 6.45) is 0.762. The summed E-state index contributed by atoms with van der Waals surface area (Å²) in [6, 6.07) is 24.2. The smallest absolute Gasteiger partial charge is 0.262 e. The van der Waals surface area contributed by atoms with Gasteiger partial charge in [-0.25, -0.2) is 5.84 Å². The highest BCUT2D eigenvalue weighted by Gasteiger charge is 2.27. The van der Waals surface area contributed by atoms with Crippen molar-refractivity contribution >= 4 is 23.3 Å². The SMILES string of the molecule is Cc1nnc2n1-c1cccc(Cc3ccccc3)c1C(c1ccc(Cl)cc1)=NN2N. The first-order valence-corrected chi connectivity index (χ1v) is 9.97. The van der Waals surface area contributed by atoms with Crippen LogP contribution in [0.25, 0.3) is 5.69 Å². The van der Waals surface area contributed by atoms with Crippen LogP contribution in [0, 0.1) is 6.92 Å². The van der Waals surface area contributed by atoms with Crippen molar-refractivity contribution < 1.29 is 0 Å². The zero-order chi connectivity index (χ0) is 20.7. The van der Waals surface area contributed by atoms with Crippen LogP contribution in [-0.2, 0) is 6.42 Å². The summed E-state index contributed by atoms with van der Waals surface area (Å²) in [7, 11) is 0. The lowest BCUT2D eigenvalue weighted by Crippen LogP contribution is -2.28. The van der Waals surface area contributed by atoms with Crippen molar-refractivity contribution in [2.75, 3.05) is 5.12 Å². The first-order chi connectivity index (χ1) is 14.6. The van der Waals surface area contributed by atoms with E-state index >= 15 is 0 Å². The molecule has 4 aromatic rings. The van der Waals surface area contributed by atoms with E-state index in [1.807, 2.05) is 54.0 Å². The number of aromatic nitrogens is 3. The molecule has 0 amide bonds. The third-order valence-electron chi connectivity index (χ3n) is 5.18. The third kappa shape index (κ3) is 3.16. The number of benzene rings is 3. The molecule has 0 aliphatic carbocycles. The second kappa shape index (κ2) is 7.40. The fraction of sp³-hybridized carbons (Fsp3) is 0.0870. The van der Waals surface area contributed by atoms with Crippen LogP contribution in [0.5, 0.6) is 0 Å². The van der Waals surface area contributed by atoms with Crippen LogP contribution >= 0.6 is 11.6 Å². The highest BCUT2D eigenvalue weighted by molar-refractivity contribution is 6.30. The molecule has 3 aromatic carbocycles. The van der Waals surface area contributed by atoms with E-state index in [1.165, 1.54) is 10.7 Å². The number of hydrazine groups is 1. The Labute approximate surface area is 179 Å². The second-order valence-corrected chi connectivity index (χ2v) is 7.59. The van der Waals surface area contributed by atoms with Gasteiger partial charge in [0.25, 0.3) is 5.95 Å². The summed E-state index contributed by atoms with van der Waals surface area (Å²) in [5, 5.41) is 15.1. The van der Waals surface area contributed by atoms with Crippen LogP contribution in [0.1, 0.15) is 28.1 Å². The molecule has 148 valence electrons. The lowest BCUT2D eigenvalue weighted by molar-refractivity contribution is 0.843. The maximum Gasteiger partial charge on any atom is 0.267 e. The Hall–Kier alpha value is -3.48. The number of aryl methyl sites for hydroxylation is 1. The Morgan fingerprint density at radius 2 is 1.67 bits per heavy atom. The summed E-state index contributed by atoms with van der Waals surface area (Å²) >= 11 is 6.13. The van der Waals surface area contributed by atoms with Gasteiger partial charge < -0.3 is 0 Å². The van der Waals surface area contributed by atoms with Gasteiger partial charge in [0, 0.05) is 16.1 Å². The van der Waals surface area contributed by atoms with Gasteiger partial charge in [-0.3, -0.25) is 4.57 Å². The highest BCUT2D eigenvalue weighted by atomic mass is 35.5. The number of nitrogens with two attached hydrogens (primary N) is 1. The minimum Gasteiger partial charge on any atom is -0.262 e. The van der Waals surface area contributed by atoms with Gasteiger partial charge in [0.1, 0.15) is 11.5 Å². The number of rotatable bonds is 3. The van der Waals surface area contributed by atoms with Crippen LogP contribution < -0.4 is 11.0 Å². The molecule has 0 unspecified atom stereocenters. The van der Waals surface area contributed by atoms with E-state index in [4.69, 9.17) is 22.5 Å². The predicted octanol–water partition coefficient (Wildman–Crippen LogP) is 4.27. The van der Waals surface area contributed by atoms with Gasteiger partial charge in [0.05, 0.1) is 5.69 Å². The molecule has 7 heteroatoms. The van der Waals surface area contributed by atoms with Gasteiger partial charge in [-0.1, -0.05) is 66.2 Å². The average molecular weight is 415 g/mol. The Kier molecular flexibility index (Phi) is 4.58. The molecule has 5 rings (SSSR count). The monoisotopic (exact) mass is 414 g/mol. The molecule has 0 saturated heterocycles. The van der Waals surface area contributed by atoms with Crippen molar-refractivity contribution in [1.82, 2.24) is 14.8 Å². The van der Waals surface area contributed by atoms with Crippen LogP contribution in [-0.4, -0.2) is 20.5 Å². The normalized spacial score (nSPS) is 12.8. The van der Waals surface area contributed by atoms with E-state index in [0.717, 1.165) is 40.3 Å². The van der Waals surface area contributed by atoms with E-state index in [1.54, 1.807) is 0 Å². The van der Waals surface area contributed by atoms with E-state index < -0.39 is 0 Å². The van der Waals surface area contributed by atoms with Crippen molar-refractivity contribution in [3.8, 4) is 5.69 Å². The van der Waals surface area contributed by atoms with Gasteiger partial charge in [-0.05, 0) is 42.7 Å². The summed E-state index contributed by atoms with van der Waals surface area (Å²) in [5.41, 5.74) is 5.99. The number of fused-ring (bicyclic) bond motifs is 3. The van der Waals surface area contributed by atoms with Gasteiger partial charge in [0.2, 0.25) is 0 Å². The van der Waals surface area contributed by atoms with Crippen molar-refractivity contribution in [3.05, 3.63) is 106 Å². The molecule has 30 heavy (non-hydrogen) atoms. The molecule has 0 atom stereocenters. The molecule has 2 N–H and O–H groups in total.